The highest BCUT2D eigenvalue weighted by atomic mass is 79.9. The predicted octanol–water partition coefficient (Wildman–Crippen LogP) is 2.29. The lowest BCUT2D eigenvalue weighted by atomic mass is 10.1. The van der Waals surface area contributed by atoms with Crippen LogP contribution in [-0.4, -0.2) is 5.78 Å². The van der Waals surface area contributed by atoms with Crippen LogP contribution in [0.25, 0.3) is 0 Å². The monoisotopic (exact) mass is 227 g/mol. The second kappa shape index (κ2) is 3.46. The van der Waals surface area contributed by atoms with Gasteiger partial charge in [0.15, 0.2) is 0 Å². The average molecular weight is 228 g/mol. The van der Waals surface area contributed by atoms with E-state index in [9.17, 15) is 9.18 Å². The Morgan fingerprint density at radius 1 is 1.58 bits per heavy atom. The Balaban J connectivity index is 3.20. The summed E-state index contributed by atoms with van der Waals surface area (Å²) in [4.78, 5) is 10.7. The van der Waals surface area contributed by atoms with Crippen LogP contribution < -0.4 is 0 Å². The van der Waals surface area contributed by atoms with Crippen molar-refractivity contribution in [3.05, 3.63) is 34.1 Å². The first kappa shape index (κ1) is 8.88. The highest BCUT2D eigenvalue weighted by molar-refractivity contribution is 9.10. The number of carbonyl (C=O) groups excluding carboxylic acids is 1. The minimum Gasteiger partial charge on any atom is -0.277 e. The molecule has 0 atom stereocenters. The third kappa shape index (κ3) is 1.69. The molecule has 1 rings (SSSR count). The Morgan fingerprint density at radius 2 is 2.25 bits per heavy atom. The first-order valence-electron chi connectivity index (χ1n) is 3.04. The van der Waals surface area contributed by atoms with Gasteiger partial charge < -0.3 is 0 Å². The second-order valence-electron chi connectivity index (χ2n) is 2.07. The molecule has 0 saturated heterocycles. The number of nitriles is 1. The first-order valence-corrected chi connectivity index (χ1v) is 3.84. The first-order chi connectivity index (χ1) is 5.65. The Morgan fingerprint density at radius 3 is 2.75 bits per heavy atom. The van der Waals surface area contributed by atoms with Crippen LogP contribution in [0.1, 0.15) is 10.4 Å². The third-order valence-electron chi connectivity index (χ3n) is 1.28. The summed E-state index contributed by atoms with van der Waals surface area (Å²) in [6, 6.07) is 5.27. The SMILES string of the molecule is N#CC(=O)c1ccc(Br)cc1F. The van der Waals surface area contributed by atoms with Gasteiger partial charge in [-0.15, -0.1) is 0 Å². The largest absolute Gasteiger partial charge is 0.277 e. The third-order valence-corrected chi connectivity index (χ3v) is 1.77. The van der Waals surface area contributed by atoms with Crippen molar-refractivity contribution in [3.8, 4) is 6.07 Å². The predicted molar refractivity (Wildman–Crippen MR) is 44.0 cm³/mol. The molecule has 0 aromatic heterocycles. The van der Waals surface area contributed by atoms with Crippen LogP contribution in [0.2, 0.25) is 0 Å². The fourth-order valence-corrected chi connectivity index (χ4v) is 1.07. The normalized spacial score (nSPS) is 9.08. The van der Waals surface area contributed by atoms with Crippen molar-refractivity contribution in [3.63, 3.8) is 0 Å². The van der Waals surface area contributed by atoms with Gasteiger partial charge in [0.1, 0.15) is 11.9 Å². The quantitative estimate of drug-likeness (QED) is 0.546. The molecule has 0 aliphatic carbocycles. The molecule has 12 heavy (non-hydrogen) atoms. The molecule has 0 saturated carbocycles. The fourth-order valence-electron chi connectivity index (χ4n) is 0.734. The van der Waals surface area contributed by atoms with Crippen molar-refractivity contribution in [2.75, 3.05) is 0 Å². The minimum atomic E-state index is -0.861. The van der Waals surface area contributed by atoms with Gasteiger partial charge in [-0.2, -0.15) is 5.26 Å². The van der Waals surface area contributed by atoms with Gasteiger partial charge in [0, 0.05) is 4.47 Å². The van der Waals surface area contributed by atoms with Crippen molar-refractivity contribution in [1.82, 2.24) is 0 Å². The molecule has 1 aromatic carbocycles. The summed E-state index contributed by atoms with van der Waals surface area (Å²) in [5.74, 6) is -1.55. The summed E-state index contributed by atoms with van der Waals surface area (Å²) < 4.78 is 13.4. The minimum absolute atomic E-state index is 0.194. The molecule has 0 spiro atoms. The summed E-state index contributed by atoms with van der Waals surface area (Å²) >= 11 is 3.03. The molecule has 4 heteroatoms. The Hall–Kier alpha value is -1.21. The van der Waals surface area contributed by atoms with Crippen LogP contribution in [0.15, 0.2) is 22.7 Å². The van der Waals surface area contributed by atoms with Crippen LogP contribution in [0.3, 0.4) is 0 Å². The maximum Gasteiger partial charge on any atom is 0.265 e. The van der Waals surface area contributed by atoms with E-state index >= 15 is 0 Å². The number of hydrogen-bond acceptors (Lipinski definition) is 2. The van der Waals surface area contributed by atoms with E-state index in [0.29, 0.717) is 4.47 Å². The molecule has 0 unspecified atom stereocenters. The Kier molecular flexibility index (Phi) is 2.56. The van der Waals surface area contributed by atoms with Crippen LogP contribution in [-0.2, 0) is 0 Å². The van der Waals surface area contributed by atoms with Gasteiger partial charge in [0.05, 0.1) is 5.56 Å². The van der Waals surface area contributed by atoms with E-state index in [1.54, 1.807) is 0 Å². The molecule has 1 aromatic rings. The van der Waals surface area contributed by atoms with E-state index < -0.39 is 11.6 Å². The van der Waals surface area contributed by atoms with Gasteiger partial charge in [0.25, 0.3) is 5.78 Å². The van der Waals surface area contributed by atoms with Gasteiger partial charge in [-0.3, -0.25) is 4.79 Å². The number of benzene rings is 1. The standard InChI is InChI=1S/C8H3BrFNO/c9-5-1-2-6(7(10)3-5)8(12)4-11/h1-3H. The fraction of sp³-hybridized carbons (Fsp3) is 0. The maximum atomic E-state index is 12.9. The molecule has 0 amide bonds. The number of nitrogens with zero attached hydrogens (tertiary/aromatic N) is 1. The topological polar surface area (TPSA) is 40.9 Å². The smallest absolute Gasteiger partial charge is 0.265 e. The van der Waals surface area contributed by atoms with E-state index in [4.69, 9.17) is 5.26 Å². The van der Waals surface area contributed by atoms with Crippen molar-refractivity contribution in [2.24, 2.45) is 0 Å². The lowest BCUT2D eigenvalue weighted by Crippen LogP contribution is -1.98. The van der Waals surface area contributed by atoms with Gasteiger partial charge in [-0.1, -0.05) is 15.9 Å². The highest BCUT2D eigenvalue weighted by Gasteiger charge is 2.09. The van der Waals surface area contributed by atoms with Crippen LogP contribution in [0.4, 0.5) is 4.39 Å². The lowest BCUT2D eigenvalue weighted by molar-refractivity contribution is 0.105. The molecule has 0 aliphatic heterocycles. The average Bonchev–Trinajstić information content (AvgIpc) is 2.03. The number of halogens is 2. The van der Waals surface area contributed by atoms with E-state index in [-0.39, 0.29) is 5.56 Å². The molecule has 60 valence electrons. The molecular weight excluding hydrogens is 225 g/mol. The van der Waals surface area contributed by atoms with Gasteiger partial charge in [-0.25, -0.2) is 4.39 Å². The van der Waals surface area contributed by atoms with Crippen molar-refractivity contribution < 1.29 is 9.18 Å². The zero-order valence-corrected chi connectivity index (χ0v) is 7.43. The van der Waals surface area contributed by atoms with Crippen LogP contribution in [0, 0.1) is 17.1 Å². The number of carbonyl (C=O) groups is 1. The van der Waals surface area contributed by atoms with E-state index in [2.05, 4.69) is 15.9 Å². The van der Waals surface area contributed by atoms with Gasteiger partial charge in [-0.05, 0) is 18.2 Å². The molecule has 0 aliphatic rings. The number of hydrogen-bond donors (Lipinski definition) is 0. The van der Waals surface area contributed by atoms with E-state index in [1.807, 2.05) is 0 Å². The number of rotatable bonds is 1. The maximum absolute atomic E-state index is 12.9. The van der Waals surface area contributed by atoms with Crippen molar-refractivity contribution in [1.29, 1.82) is 5.26 Å². The van der Waals surface area contributed by atoms with Crippen molar-refractivity contribution in [2.45, 2.75) is 0 Å². The number of ketones is 1. The molecule has 0 bridgehead atoms. The Labute approximate surface area is 76.7 Å². The van der Waals surface area contributed by atoms with Crippen LogP contribution in [0.5, 0.6) is 0 Å². The number of Topliss-reactive ketones (excluding diaryl/α,β-unsaturated/α-hetero) is 1. The zero-order chi connectivity index (χ0) is 9.14. The van der Waals surface area contributed by atoms with Gasteiger partial charge in [0.2, 0.25) is 0 Å². The van der Waals surface area contributed by atoms with E-state index in [0.717, 1.165) is 6.07 Å². The molecular formula is C8H3BrFNO. The summed E-state index contributed by atoms with van der Waals surface area (Å²) in [7, 11) is 0. The van der Waals surface area contributed by atoms with Crippen LogP contribution >= 0.6 is 15.9 Å². The summed E-state index contributed by atoms with van der Waals surface area (Å²) in [5, 5.41) is 8.20. The van der Waals surface area contributed by atoms with Crippen molar-refractivity contribution >= 4 is 21.7 Å². The summed E-state index contributed by atoms with van der Waals surface area (Å²) in [5.41, 5.74) is -0.194. The van der Waals surface area contributed by atoms with E-state index in [1.165, 1.54) is 18.2 Å². The molecule has 0 fully saturated rings. The summed E-state index contributed by atoms with van der Waals surface area (Å²) in [6.45, 7) is 0. The molecule has 0 heterocycles. The Bertz CT molecular complexity index is 370. The highest BCUT2D eigenvalue weighted by Crippen LogP contribution is 2.15. The van der Waals surface area contributed by atoms with Gasteiger partial charge >= 0.3 is 0 Å². The second-order valence-corrected chi connectivity index (χ2v) is 2.98. The lowest BCUT2D eigenvalue weighted by Gasteiger charge is -1.95. The molecule has 0 radical (unpaired) electrons. The summed E-state index contributed by atoms with van der Waals surface area (Å²) in [6.07, 6.45) is 0. The molecule has 0 N–H and O–H groups in total. The zero-order valence-electron chi connectivity index (χ0n) is 5.84. The molecule has 2 nitrogen and oxygen atoms in total.